The average molecular weight is 291 g/mol. The van der Waals surface area contributed by atoms with Crippen molar-refractivity contribution in [1.29, 1.82) is 0 Å². The summed E-state index contributed by atoms with van der Waals surface area (Å²) in [6.07, 6.45) is 0.960. The van der Waals surface area contributed by atoms with Crippen molar-refractivity contribution in [2.75, 3.05) is 51.3 Å². The van der Waals surface area contributed by atoms with Crippen molar-refractivity contribution in [3.8, 4) is 0 Å². The molecule has 2 rings (SSSR count). The molecule has 1 aromatic rings. The van der Waals surface area contributed by atoms with E-state index >= 15 is 0 Å². The second kappa shape index (κ2) is 8.64. The normalized spacial score (nSPS) is 15.7. The Labute approximate surface area is 126 Å². The van der Waals surface area contributed by atoms with Gasteiger partial charge in [-0.05, 0) is 18.1 Å². The summed E-state index contributed by atoms with van der Waals surface area (Å²) >= 11 is 0. The van der Waals surface area contributed by atoms with Gasteiger partial charge in [-0.1, -0.05) is 25.1 Å². The van der Waals surface area contributed by atoms with Gasteiger partial charge in [0.05, 0.1) is 19.8 Å². The number of para-hydroxylation sites is 1. The van der Waals surface area contributed by atoms with Crippen LogP contribution in [0.4, 0.5) is 5.69 Å². The van der Waals surface area contributed by atoms with Crippen LogP contribution in [0.5, 0.6) is 0 Å². The predicted molar refractivity (Wildman–Crippen MR) is 84.6 cm³/mol. The molecule has 0 unspecified atom stereocenters. The van der Waals surface area contributed by atoms with E-state index in [9.17, 15) is 4.79 Å². The molecule has 116 valence electrons. The second-order valence-corrected chi connectivity index (χ2v) is 5.17. The Balaban J connectivity index is 1.65. The van der Waals surface area contributed by atoms with Crippen LogP contribution in [0, 0.1) is 0 Å². The zero-order chi connectivity index (χ0) is 14.9. The molecule has 21 heavy (non-hydrogen) atoms. The molecule has 1 amide bonds. The summed E-state index contributed by atoms with van der Waals surface area (Å²) in [5.74, 6) is 0.0363. The number of benzene rings is 1. The summed E-state index contributed by atoms with van der Waals surface area (Å²) in [4.78, 5) is 14.1. The highest BCUT2D eigenvalue weighted by Crippen LogP contribution is 2.14. The molecule has 5 heteroatoms. The number of hydrogen-bond acceptors (Lipinski definition) is 4. The molecule has 1 aromatic carbocycles. The third-order valence-electron chi connectivity index (χ3n) is 3.69. The number of rotatable bonds is 7. The maximum absolute atomic E-state index is 11.8. The Morgan fingerprint density at radius 1 is 1.29 bits per heavy atom. The number of carbonyl (C=O) groups excluding carboxylic acids is 1. The van der Waals surface area contributed by atoms with Crippen LogP contribution in [0.3, 0.4) is 0 Å². The van der Waals surface area contributed by atoms with E-state index in [-0.39, 0.29) is 5.91 Å². The third kappa shape index (κ3) is 5.36. The molecule has 1 heterocycles. The quantitative estimate of drug-likeness (QED) is 0.790. The van der Waals surface area contributed by atoms with E-state index in [0.717, 1.165) is 45.0 Å². The summed E-state index contributed by atoms with van der Waals surface area (Å²) in [6, 6.07) is 8.10. The van der Waals surface area contributed by atoms with Crippen molar-refractivity contribution in [1.82, 2.24) is 10.2 Å². The average Bonchev–Trinajstić information content (AvgIpc) is 2.54. The van der Waals surface area contributed by atoms with Crippen molar-refractivity contribution < 1.29 is 9.53 Å². The molecule has 1 fully saturated rings. The van der Waals surface area contributed by atoms with Crippen LogP contribution in [0.25, 0.3) is 0 Å². The second-order valence-electron chi connectivity index (χ2n) is 5.17. The molecule has 0 atom stereocenters. The first-order valence-corrected chi connectivity index (χ1v) is 7.68. The number of carbonyl (C=O) groups is 1. The van der Waals surface area contributed by atoms with Crippen LogP contribution in [0.15, 0.2) is 24.3 Å². The first-order chi connectivity index (χ1) is 10.3. The van der Waals surface area contributed by atoms with E-state index in [2.05, 4.69) is 28.5 Å². The summed E-state index contributed by atoms with van der Waals surface area (Å²) in [7, 11) is 0. The van der Waals surface area contributed by atoms with Crippen LogP contribution in [0.1, 0.15) is 12.5 Å². The van der Waals surface area contributed by atoms with Crippen molar-refractivity contribution in [3.05, 3.63) is 29.8 Å². The third-order valence-corrected chi connectivity index (χ3v) is 3.69. The molecule has 0 aromatic heterocycles. The molecule has 0 saturated carbocycles. The fraction of sp³-hybridized carbons (Fsp3) is 0.562. The minimum absolute atomic E-state index is 0.0363. The van der Waals surface area contributed by atoms with E-state index in [0.29, 0.717) is 13.1 Å². The SMILES string of the molecule is CCc1ccccc1NCC(=O)NCCN1CCOCC1. The van der Waals surface area contributed by atoms with Gasteiger partial charge in [0, 0.05) is 31.9 Å². The van der Waals surface area contributed by atoms with Crippen molar-refractivity contribution >= 4 is 11.6 Å². The van der Waals surface area contributed by atoms with Crippen LogP contribution >= 0.6 is 0 Å². The first-order valence-electron chi connectivity index (χ1n) is 7.68. The number of ether oxygens (including phenoxy) is 1. The predicted octanol–water partition coefficient (Wildman–Crippen LogP) is 1.11. The maximum atomic E-state index is 11.8. The number of hydrogen-bond donors (Lipinski definition) is 2. The van der Waals surface area contributed by atoms with E-state index in [4.69, 9.17) is 4.74 Å². The highest BCUT2D eigenvalue weighted by molar-refractivity contribution is 5.80. The molecule has 0 radical (unpaired) electrons. The zero-order valence-corrected chi connectivity index (χ0v) is 12.7. The van der Waals surface area contributed by atoms with Gasteiger partial charge in [-0.2, -0.15) is 0 Å². The molecule has 5 nitrogen and oxygen atoms in total. The maximum Gasteiger partial charge on any atom is 0.239 e. The summed E-state index contributed by atoms with van der Waals surface area (Å²) in [5, 5.41) is 6.16. The van der Waals surface area contributed by atoms with Crippen molar-refractivity contribution in [2.45, 2.75) is 13.3 Å². The number of nitrogens with zero attached hydrogens (tertiary/aromatic N) is 1. The van der Waals surface area contributed by atoms with E-state index < -0.39 is 0 Å². The van der Waals surface area contributed by atoms with Gasteiger partial charge in [-0.25, -0.2) is 0 Å². The van der Waals surface area contributed by atoms with Gasteiger partial charge in [0.25, 0.3) is 0 Å². The topological polar surface area (TPSA) is 53.6 Å². The van der Waals surface area contributed by atoms with Gasteiger partial charge in [-0.3, -0.25) is 9.69 Å². The zero-order valence-electron chi connectivity index (χ0n) is 12.7. The first kappa shape index (κ1) is 15.8. The van der Waals surface area contributed by atoms with Crippen LogP contribution in [-0.4, -0.2) is 56.7 Å². The van der Waals surface area contributed by atoms with Gasteiger partial charge >= 0.3 is 0 Å². The molecule has 0 aliphatic carbocycles. The van der Waals surface area contributed by atoms with Crippen molar-refractivity contribution in [3.63, 3.8) is 0 Å². The van der Waals surface area contributed by atoms with Gasteiger partial charge in [0.15, 0.2) is 0 Å². The number of amides is 1. The smallest absolute Gasteiger partial charge is 0.239 e. The van der Waals surface area contributed by atoms with Gasteiger partial charge in [0.2, 0.25) is 5.91 Å². The van der Waals surface area contributed by atoms with Crippen molar-refractivity contribution in [2.24, 2.45) is 0 Å². The standard InChI is InChI=1S/C16H25N3O2/c1-2-14-5-3-4-6-15(14)18-13-16(20)17-7-8-19-9-11-21-12-10-19/h3-6,18H,2,7-13H2,1H3,(H,17,20). The van der Waals surface area contributed by atoms with Crippen LogP contribution < -0.4 is 10.6 Å². The Morgan fingerprint density at radius 3 is 2.81 bits per heavy atom. The lowest BCUT2D eigenvalue weighted by Crippen LogP contribution is -2.42. The highest BCUT2D eigenvalue weighted by atomic mass is 16.5. The lowest BCUT2D eigenvalue weighted by molar-refractivity contribution is -0.119. The number of aryl methyl sites for hydroxylation is 1. The summed E-state index contributed by atoms with van der Waals surface area (Å²) in [6.45, 7) is 7.52. The molecule has 1 aliphatic heterocycles. The molecule has 1 saturated heterocycles. The summed E-state index contributed by atoms with van der Waals surface area (Å²) in [5.41, 5.74) is 2.28. The molecular formula is C16H25N3O2. The Kier molecular flexibility index (Phi) is 6.50. The minimum atomic E-state index is 0.0363. The molecule has 1 aliphatic rings. The largest absolute Gasteiger partial charge is 0.379 e. The molecule has 0 spiro atoms. The Hall–Kier alpha value is -1.59. The van der Waals surface area contributed by atoms with Gasteiger partial charge in [-0.15, -0.1) is 0 Å². The monoisotopic (exact) mass is 291 g/mol. The summed E-state index contributed by atoms with van der Waals surface area (Å²) < 4.78 is 5.30. The molecule has 0 bridgehead atoms. The number of nitrogens with one attached hydrogen (secondary N) is 2. The Bertz CT molecular complexity index is 445. The fourth-order valence-electron chi connectivity index (χ4n) is 2.42. The van der Waals surface area contributed by atoms with Crippen LogP contribution in [0.2, 0.25) is 0 Å². The Morgan fingerprint density at radius 2 is 2.05 bits per heavy atom. The highest BCUT2D eigenvalue weighted by Gasteiger charge is 2.10. The number of morpholine rings is 1. The molecular weight excluding hydrogens is 266 g/mol. The lowest BCUT2D eigenvalue weighted by Gasteiger charge is -2.26. The lowest BCUT2D eigenvalue weighted by atomic mass is 10.1. The van der Waals surface area contributed by atoms with E-state index in [1.54, 1.807) is 0 Å². The van der Waals surface area contributed by atoms with E-state index in [1.165, 1.54) is 5.56 Å². The van der Waals surface area contributed by atoms with Crippen LogP contribution in [-0.2, 0) is 16.0 Å². The van der Waals surface area contributed by atoms with Gasteiger partial charge < -0.3 is 15.4 Å². The van der Waals surface area contributed by atoms with Gasteiger partial charge in [0.1, 0.15) is 0 Å². The molecule has 2 N–H and O–H groups in total. The van der Waals surface area contributed by atoms with E-state index in [1.807, 2.05) is 18.2 Å². The minimum Gasteiger partial charge on any atom is -0.379 e. The fourth-order valence-corrected chi connectivity index (χ4v) is 2.42. The number of anilines is 1.